The Morgan fingerprint density at radius 2 is 0.824 bits per heavy atom. The largest absolute Gasteiger partial charge is 0.496 e. The van der Waals surface area contributed by atoms with Crippen LogP contribution in [-0.2, 0) is 0 Å². The molecule has 4 heteroatoms. The minimum atomic E-state index is -0.469. The average Bonchev–Trinajstić information content (AvgIpc) is 2.92. The van der Waals surface area contributed by atoms with E-state index in [1.807, 2.05) is 0 Å². The van der Waals surface area contributed by atoms with Crippen molar-refractivity contribution < 1.29 is 9.47 Å². The predicted molar refractivity (Wildman–Crippen MR) is 150 cm³/mol. The van der Waals surface area contributed by atoms with Crippen LogP contribution in [0.4, 0.5) is 0 Å². The van der Waals surface area contributed by atoms with Gasteiger partial charge in [-0.2, -0.15) is 0 Å². The zero-order valence-electron chi connectivity index (χ0n) is 19.9. The van der Waals surface area contributed by atoms with E-state index < -0.39 is 15.8 Å². The van der Waals surface area contributed by atoms with E-state index in [9.17, 15) is 0 Å². The van der Waals surface area contributed by atoms with Gasteiger partial charge in [0.2, 0.25) is 0 Å². The highest BCUT2D eigenvalue weighted by molar-refractivity contribution is 7.73. The summed E-state index contributed by atoms with van der Waals surface area (Å²) in [5.74, 6) is 2.00. The zero-order chi connectivity index (χ0) is 23.6. The molecule has 0 heterocycles. The number of hydrogen-bond acceptors (Lipinski definition) is 2. The molecule has 0 fully saturated rings. The molecule has 174 valence electrons. The van der Waals surface area contributed by atoms with Crippen LogP contribution in [0.25, 0.3) is 0 Å². The van der Waals surface area contributed by atoms with Crippen molar-refractivity contribution in [2.24, 2.45) is 0 Å². The molecular formula is C30H32O2P2. The van der Waals surface area contributed by atoms with Crippen molar-refractivity contribution in [2.75, 3.05) is 26.5 Å². The molecule has 4 aromatic rings. The fourth-order valence-electron chi connectivity index (χ4n) is 4.24. The summed E-state index contributed by atoms with van der Waals surface area (Å²) in [7, 11) is 2.61. The molecule has 2 nitrogen and oxygen atoms in total. The predicted octanol–water partition coefficient (Wildman–Crippen LogP) is 6.05. The Morgan fingerprint density at radius 1 is 0.471 bits per heavy atom. The van der Waals surface area contributed by atoms with Crippen molar-refractivity contribution in [1.82, 2.24) is 0 Å². The molecule has 4 aromatic carbocycles. The summed E-state index contributed by atoms with van der Waals surface area (Å²) in [4.78, 5) is 0. The number of ether oxygens (including phenoxy) is 2. The second-order valence-corrected chi connectivity index (χ2v) is 12.6. The third kappa shape index (κ3) is 6.06. The van der Waals surface area contributed by atoms with Crippen molar-refractivity contribution in [3.05, 3.63) is 109 Å². The monoisotopic (exact) mass is 486 g/mol. The third-order valence-electron chi connectivity index (χ3n) is 5.90. The molecule has 0 saturated carbocycles. The van der Waals surface area contributed by atoms with Gasteiger partial charge in [-0.15, -0.1) is 0 Å². The van der Waals surface area contributed by atoms with Crippen LogP contribution in [0, 0.1) is 0 Å². The molecule has 0 aromatic heterocycles. The van der Waals surface area contributed by atoms with Gasteiger partial charge in [-0.25, -0.2) is 0 Å². The summed E-state index contributed by atoms with van der Waals surface area (Å²) < 4.78 is 11.5. The van der Waals surface area contributed by atoms with Gasteiger partial charge >= 0.3 is 0 Å². The average molecular weight is 487 g/mol. The molecule has 0 saturated heterocycles. The highest BCUT2D eigenvalue weighted by Gasteiger charge is 2.20. The molecule has 4 rings (SSSR count). The molecule has 0 spiro atoms. The highest BCUT2D eigenvalue weighted by atomic mass is 31.1. The lowest BCUT2D eigenvalue weighted by Crippen LogP contribution is -2.18. The smallest absolute Gasteiger partial charge is 0.126 e. The van der Waals surface area contributed by atoms with Crippen LogP contribution >= 0.6 is 15.8 Å². The van der Waals surface area contributed by atoms with Gasteiger partial charge in [0.05, 0.1) is 14.2 Å². The maximum absolute atomic E-state index is 5.74. The van der Waals surface area contributed by atoms with E-state index in [0.717, 1.165) is 23.8 Å². The SMILES string of the molecule is COc1ccccc1P(CCCCP(c1ccccc1)c1ccccc1OC)c1ccccc1. The molecule has 34 heavy (non-hydrogen) atoms. The maximum Gasteiger partial charge on any atom is 0.126 e. The van der Waals surface area contributed by atoms with Gasteiger partial charge < -0.3 is 9.47 Å². The van der Waals surface area contributed by atoms with Gasteiger partial charge in [0.25, 0.3) is 0 Å². The van der Waals surface area contributed by atoms with Crippen LogP contribution in [0.1, 0.15) is 12.8 Å². The number of unbranched alkanes of at least 4 members (excludes halogenated alkanes) is 1. The van der Waals surface area contributed by atoms with Crippen molar-refractivity contribution in [3.63, 3.8) is 0 Å². The quantitative estimate of drug-likeness (QED) is 0.190. The number of para-hydroxylation sites is 2. The van der Waals surface area contributed by atoms with E-state index in [4.69, 9.17) is 9.47 Å². The minimum absolute atomic E-state index is 0.469. The molecule has 0 amide bonds. The Bertz CT molecular complexity index is 1060. The Kier molecular flexibility index (Phi) is 9.14. The molecule has 2 atom stereocenters. The molecule has 2 unspecified atom stereocenters. The lowest BCUT2D eigenvalue weighted by molar-refractivity contribution is 0.418. The fourth-order valence-corrected chi connectivity index (χ4v) is 9.33. The summed E-state index contributed by atoms with van der Waals surface area (Å²) in [6, 6.07) is 38.9. The van der Waals surface area contributed by atoms with E-state index >= 15 is 0 Å². The fraction of sp³-hybridized carbons (Fsp3) is 0.200. The third-order valence-corrected chi connectivity index (χ3v) is 11.2. The van der Waals surface area contributed by atoms with Gasteiger partial charge in [-0.3, -0.25) is 0 Å². The van der Waals surface area contributed by atoms with Crippen molar-refractivity contribution in [1.29, 1.82) is 0 Å². The number of hydrogen-bond donors (Lipinski definition) is 0. The summed E-state index contributed by atoms with van der Waals surface area (Å²) in [6.07, 6.45) is 4.67. The number of methoxy groups -OCH3 is 2. The summed E-state index contributed by atoms with van der Waals surface area (Å²) >= 11 is 0. The Hall–Kier alpha value is -2.66. The normalized spacial score (nSPS) is 12.6. The molecule has 0 bridgehead atoms. The van der Waals surface area contributed by atoms with E-state index in [1.165, 1.54) is 34.1 Å². The molecule has 0 radical (unpaired) electrons. The Morgan fingerprint density at radius 3 is 1.21 bits per heavy atom. The first-order valence-corrected chi connectivity index (χ1v) is 14.8. The Balaban J connectivity index is 1.52. The van der Waals surface area contributed by atoms with Gasteiger partial charge in [0.1, 0.15) is 11.5 Å². The topological polar surface area (TPSA) is 18.5 Å². The second-order valence-electron chi connectivity index (χ2n) is 8.03. The first kappa shape index (κ1) is 24.5. The van der Waals surface area contributed by atoms with Crippen LogP contribution in [0.3, 0.4) is 0 Å². The zero-order valence-corrected chi connectivity index (χ0v) is 21.7. The first-order chi connectivity index (χ1) is 16.8. The molecular weight excluding hydrogens is 454 g/mol. The number of rotatable bonds is 11. The summed E-state index contributed by atoms with van der Waals surface area (Å²) in [5, 5.41) is 5.50. The van der Waals surface area contributed by atoms with Gasteiger partial charge in [-0.1, -0.05) is 97.1 Å². The van der Waals surface area contributed by atoms with Gasteiger partial charge in [0, 0.05) is 10.6 Å². The lowest BCUT2D eigenvalue weighted by atomic mass is 10.3. The van der Waals surface area contributed by atoms with Crippen LogP contribution in [-0.4, -0.2) is 26.5 Å². The minimum Gasteiger partial charge on any atom is -0.496 e. The molecule has 0 aliphatic carbocycles. The van der Waals surface area contributed by atoms with Crippen molar-refractivity contribution in [3.8, 4) is 11.5 Å². The standard InChI is InChI=1S/C30H32O2P2/c1-31-27-19-9-11-21-29(27)33(25-15-5-3-6-16-25)23-13-14-24-34(26-17-7-4-8-18-26)30-22-12-10-20-28(30)32-2/h3-12,15-22H,13-14,23-24H2,1-2H3. The number of benzene rings is 4. The summed E-state index contributed by atoms with van der Waals surface area (Å²) in [6.45, 7) is 0. The first-order valence-electron chi connectivity index (χ1n) is 11.7. The van der Waals surface area contributed by atoms with Crippen LogP contribution in [0.5, 0.6) is 11.5 Å². The van der Waals surface area contributed by atoms with E-state index in [1.54, 1.807) is 14.2 Å². The van der Waals surface area contributed by atoms with E-state index in [2.05, 4.69) is 109 Å². The van der Waals surface area contributed by atoms with Crippen LogP contribution in [0.15, 0.2) is 109 Å². The van der Waals surface area contributed by atoms with Gasteiger partial charge in [0.15, 0.2) is 0 Å². The Labute approximate surface area is 206 Å². The van der Waals surface area contributed by atoms with Crippen LogP contribution in [0.2, 0.25) is 0 Å². The van der Waals surface area contributed by atoms with Gasteiger partial charge in [-0.05, 0) is 63.8 Å². The molecule has 0 N–H and O–H groups in total. The van der Waals surface area contributed by atoms with E-state index in [-0.39, 0.29) is 0 Å². The van der Waals surface area contributed by atoms with Crippen molar-refractivity contribution in [2.45, 2.75) is 12.8 Å². The molecule has 0 aliphatic heterocycles. The van der Waals surface area contributed by atoms with Crippen LogP contribution < -0.4 is 30.7 Å². The van der Waals surface area contributed by atoms with E-state index in [0.29, 0.717) is 0 Å². The molecule has 0 aliphatic rings. The lowest BCUT2D eigenvalue weighted by Gasteiger charge is -2.23. The summed E-state index contributed by atoms with van der Waals surface area (Å²) in [5.41, 5.74) is 0. The second kappa shape index (κ2) is 12.7. The van der Waals surface area contributed by atoms with Crippen molar-refractivity contribution >= 4 is 37.1 Å². The maximum atomic E-state index is 5.74. The highest BCUT2D eigenvalue weighted by Crippen LogP contribution is 2.41.